The van der Waals surface area contributed by atoms with Crippen molar-refractivity contribution in [1.82, 2.24) is 26.6 Å². The lowest BCUT2D eigenvalue weighted by atomic mass is 9.92. The summed E-state index contributed by atoms with van der Waals surface area (Å²) in [6.45, 7) is 6.49. The zero-order valence-corrected chi connectivity index (χ0v) is 30.2. The number of unbranched alkanes of at least 4 members (excludes halogenated alkanes) is 1. The maximum atomic E-state index is 12.9. The van der Waals surface area contributed by atoms with Crippen molar-refractivity contribution in [3.05, 3.63) is 0 Å². The first-order chi connectivity index (χ1) is 24.7. The minimum atomic E-state index is -1.37. The SMILES string of the molecule is C[C@H](NC(=O)[C@@H](C)O[C@H]1C(O)C(CO)OC(O)[C@H]1C)C(=O)N[C@H](CCC(=O)N[C@@H](CCCCN)C(=O)N[C@H](C)C(=O)N[C@H](C)C(=O)O)C(N)=O.O=C=O. The van der Waals surface area contributed by atoms with E-state index in [1.807, 2.05) is 0 Å². The fraction of sp³-hybridized carbons (Fsp3) is 0.742. The molecule has 22 heteroatoms. The molecule has 0 aromatic heterocycles. The number of aliphatic carboxylic acids is 1. The van der Waals surface area contributed by atoms with E-state index < -0.39 is 115 Å². The van der Waals surface area contributed by atoms with Gasteiger partial charge in [0.15, 0.2) is 6.29 Å². The van der Waals surface area contributed by atoms with Gasteiger partial charge in [0.05, 0.1) is 12.7 Å². The summed E-state index contributed by atoms with van der Waals surface area (Å²) in [6.07, 6.45) is -5.45. The second-order valence-corrected chi connectivity index (χ2v) is 12.4. The number of hydrogen-bond donors (Lipinski definition) is 11. The third kappa shape index (κ3) is 17.2. The number of ether oxygens (including phenoxy) is 2. The van der Waals surface area contributed by atoms with Crippen molar-refractivity contribution in [3.63, 3.8) is 0 Å². The number of primary amides is 1. The second-order valence-electron chi connectivity index (χ2n) is 12.4. The molecule has 1 saturated heterocycles. The third-order valence-corrected chi connectivity index (χ3v) is 8.06. The van der Waals surface area contributed by atoms with Crippen LogP contribution in [0.15, 0.2) is 0 Å². The number of nitrogens with one attached hydrogen (secondary N) is 5. The molecule has 1 rings (SSSR count). The highest BCUT2D eigenvalue weighted by Gasteiger charge is 2.44. The highest BCUT2D eigenvalue weighted by atomic mass is 16.6. The minimum Gasteiger partial charge on any atom is -0.480 e. The Balaban J connectivity index is 0.00000869. The van der Waals surface area contributed by atoms with E-state index in [1.165, 1.54) is 34.6 Å². The lowest BCUT2D eigenvalue weighted by Gasteiger charge is -2.41. The molecule has 302 valence electrons. The third-order valence-electron chi connectivity index (χ3n) is 8.06. The van der Waals surface area contributed by atoms with Crippen molar-refractivity contribution in [3.8, 4) is 0 Å². The molecule has 3 unspecified atom stereocenters. The van der Waals surface area contributed by atoms with Crippen LogP contribution < -0.4 is 38.1 Å². The Kier molecular flexibility index (Phi) is 22.5. The van der Waals surface area contributed by atoms with Gasteiger partial charge in [-0.25, -0.2) is 0 Å². The molecule has 0 bridgehead atoms. The Hall–Kier alpha value is -4.57. The number of amides is 6. The van der Waals surface area contributed by atoms with Crippen molar-refractivity contribution >= 4 is 47.6 Å². The van der Waals surface area contributed by atoms with Gasteiger partial charge >= 0.3 is 12.1 Å². The summed E-state index contributed by atoms with van der Waals surface area (Å²) >= 11 is 0. The number of hydrogen-bond acceptors (Lipinski definition) is 15. The zero-order chi connectivity index (χ0) is 41.0. The number of carbonyl (C=O) groups is 7. The molecule has 1 heterocycles. The Labute approximate surface area is 305 Å². The van der Waals surface area contributed by atoms with Gasteiger partial charge in [-0.3, -0.25) is 33.6 Å². The lowest BCUT2D eigenvalue weighted by molar-refractivity contribution is -0.278. The monoisotopic (exact) mass is 763 g/mol. The van der Waals surface area contributed by atoms with Crippen LogP contribution in [0.25, 0.3) is 0 Å². The summed E-state index contributed by atoms with van der Waals surface area (Å²) in [5.74, 6) is -6.76. The topological polar surface area (TPSA) is 365 Å². The molecule has 0 radical (unpaired) electrons. The fourth-order valence-electron chi connectivity index (χ4n) is 4.78. The number of aliphatic hydroxyl groups is 3. The first-order valence-corrected chi connectivity index (χ1v) is 16.8. The van der Waals surface area contributed by atoms with Gasteiger partial charge in [-0.05, 0) is 59.9 Å². The van der Waals surface area contributed by atoms with E-state index in [-0.39, 0.29) is 25.4 Å². The number of carbonyl (C=O) groups excluding carboxylic acids is 8. The van der Waals surface area contributed by atoms with Crippen molar-refractivity contribution < 1.29 is 73.1 Å². The first-order valence-electron chi connectivity index (χ1n) is 16.8. The van der Waals surface area contributed by atoms with Crippen LogP contribution >= 0.6 is 0 Å². The molecule has 0 spiro atoms. The summed E-state index contributed by atoms with van der Waals surface area (Å²) in [4.78, 5) is 103. The van der Waals surface area contributed by atoms with Gasteiger partial charge in [0.1, 0.15) is 48.5 Å². The molecule has 1 aliphatic rings. The Morgan fingerprint density at radius 1 is 0.792 bits per heavy atom. The molecule has 0 aromatic rings. The Bertz CT molecular complexity index is 1280. The number of nitrogens with two attached hydrogens (primary N) is 2. The quantitative estimate of drug-likeness (QED) is 0.0487. The van der Waals surface area contributed by atoms with Crippen LogP contribution in [-0.2, 0) is 52.6 Å². The van der Waals surface area contributed by atoms with Gasteiger partial charge in [0.25, 0.3) is 0 Å². The first kappa shape index (κ1) is 48.4. The number of carboxylic acid groups (broad SMARTS) is 1. The summed E-state index contributed by atoms with van der Waals surface area (Å²) in [7, 11) is 0. The van der Waals surface area contributed by atoms with Crippen LogP contribution in [0.4, 0.5) is 0 Å². The molecule has 22 nitrogen and oxygen atoms in total. The minimum absolute atomic E-state index is 0.152. The van der Waals surface area contributed by atoms with Crippen LogP contribution in [0.3, 0.4) is 0 Å². The fourth-order valence-corrected chi connectivity index (χ4v) is 4.78. The van der Waals surface area contributed by atoms with Gasteiger partial charge in [-0.2, -0.15) is 9.59 Å². The smallest absolute Gasteiger partial charge is 0.373 e. The summed E-state index contributed by atoms with van der Waals surface area (Å²) in [5, 5.41) is 50.8. The van der Waals surface area contributed by atoms with E-state index in [2.05, 4.69) is 26.6 Å². The molecule has 0 aromatic carbocycles. The van der Waals surface area contributed by atoms with Gasteiger partial charge in [0, 0.05) is 12.3 Å². The molecule has 6 amide bonds. The van der Waals surface area contributed by atoms with Gasteiger partial charge in [-0.15, -0.1) is 0 Å². The molecule has 11 atom stereocenters. The summed E-state index contributed by atoms with van der Waals surface area (Å²) < 4.78 is 10.8. The average molecular weight is 764 g/mol. The Morgan fingerprint density at radius 2 is 1.32 bits per heavy atom. The number of rotatable bonds is 21. The van der Waals surface area contributed by atoms with E-state index >= 15 is 0 Å². The van der Waals surface area contributed by atoms with E-state index in [0.717, 1.165) is 0 Å². The van der Waals surface area contributed by atoms with E-state index in [9.17, 15) is 48.9 Å². The van der Waals surface area contributed by atoms with Crippen molar-refractivity contribution in [2.45, 2.75) is 128 Å². The molecule has 1 fully saturated rings. The summed E-state index contributed by atoms with van der Waals surface area (Å²) in [6, 6.07) is -6.00. The number of aliphatic hydroxyl groups excluding tert-OH is 3. The molecule has 53 heavy (non-hydrogen) atoms. The van der Waals surface area contributed by atoms with Crippen LogP contribution in [-0.4, -0.2) is 142 Å². The van der Waals surface area contributed by atoms with Crippen LogP contribution in [0.1, 0.15) is 66.7 Å². The van der Waals surface area contributed by atoms with Crippen molar-refractivity contribution in [2.75, 3.05) is 13.2 Å². The van der Waals surface area contributed by atoms with Gasteiger partial charge in [0.2, 0.25) is 35.4 Å². The molecule has 13 N–H and O–H groups in total. The van der Waals surface area contributed by atoms with E-state index in [4.69, 9.17) is 35.6 Å². The highest BCUT2D eigenvalue weighted by molar-refractivity contribution is 5.94. The zero-order valence-electron chi connectivity index (χ0n) is 30.2. The molecule has 1 aliphatic heterocycles. The lowest BCUT2D eigenvalue weighted by Crippen LogP contribution is -2.58. The normalized spacial score (nSPS) is 22.7. The average Bonchev–Trinajstić information content (AvgIpc) is 3.09. The molecular formula is C31H53N7O15. The highest BCUT2D eigenvalue weighted by Crippen LogP contribution is 2.28. The largest absolute Gasteiger partial charge is 0.480 e. The second kappa shape index (κ2) is 24.6. The number of carboxylic acids is 1. The standard InChI is InChI=1S/C30H53N7O13.CO2/c1-13-23(22(40)20(12-38)50-30(13)48)49-17(5)27(44)33-15(3)26(43)37-18(24(32)41)9-10-21(39)36-19(8-6-7-11-31)28(45)34-14(2)25(42)35-16(4)29(46)47;2-1-3/h13-20,22-23,30,38,40,48H,6-12,31H2,1-5H3,(H2,32,41)(H,33,44)(H,34,45)(H,35,42)(H,36,39)(H,37,43)(H,46,47);/t13-,14+,15-,16+,17+,18+,19-,20?,22?,23+,30?;/m0./s1. The van der Waals surface area contributed by atoms with E-state index in [0.29, 0.717) is 19.4 Å². The van der Waals surface area contributed by atoms with Crippen molar-refractivity contribution in [1.29, 1.82) is 0 Å². The van der Waals surface area contributed by atoms with Gasteiger partial charge in [-0.1, -0.05) is 6.92 Å². The summed E-state index contributed by atoms with van der Waals surface area (Å²) in [5.41, 5.74) is 11.0. The predicted molar refractivity (Wildman–Crippen MR) is 178 cm³/mol. The molecule has 0 saturated carbocycles. The molecular weight excluding hydrogens is 710 g/mol. The predicted octanol–water partition coefficient (Wildman–Crippen LogP) is -5.15. The Morgan fingerprint density at radius 3 is 1.83 bits per heavy atom. The maximum Gasteiger partial charge on any atom is 0.373 e. The van der Waals surface area contributed by atoms with Crippen molar-refractivity contribution in [2.24, 2.45) is 17.4 Å². The van der Waals surface area contributed by atoms with Gasteiger partial charge < -0.3 is 68.0 Å². The van der Waals surface area contributed by atoms with E-state index in [1.54, 1.807) is 0 Å². The maximum absolute atomic E-state index is 12.9. The van der Waals surface area contributed by atoms with Crippen LogP contribution in [0.2, 0.25) is 0 Å². The molecule has 0 aliphatic carbocycles. The van der Waals surface area contributed by atoms with Crippen LogP contribution in [0, 0.1) is 5.92 Å². The van der Waals surface area contributed by atoms with Crippen LogP contribution in [0.5, 0.6) is 0 Å².